The third-order valence-corrected chi connectivity index (χ3v) is 4.41. The van der Waals surface area contributed by atoms with Gasteiger partial charge in [-0.3, -0.25) is 9.59 Å². The number of carboxylic acids is 1. The van der Waals surface area contributed by atoms with Crippen molar-refractivity contribution in [2.75, 3.05) is 20.2 Å². The number of aromatic nitrogens is 1. The van der Waals surface area contributed by atoms with Gasteiger partial charge in [0, 0.05) is 30.2 Å². The summed E-state index contributed by atoms with van der Waals surface area (Å²) in [6.45, 7) is 1.17. The number of carbonyl (C=O) groups is 2. The Morgan fingerprint density at radius 1 is 1.35 bits per heavy atom. The second kappa shape index (κ2) is 6.32. The number of rotatable bonds is 4. The molecule has 6 nitrogen and oxygen atoms in total. The van der Waals surface area contributed by atoms with Crippen LogP contribution in [0.25, 0.3) is 10.9 Å². The molecular weight excluding hydrogens is 296 g/mol. The maximum Gasteiger partial charge on any atom is 0.308 e. The van der Waals surface area contributed by atoms with Gasteiger partial charge >= 0.3 is 5.97 Å². The summed E-state index contributed by atoms with van der Waals surface area (Å²) in [5.41, 5.74) is 0.964. The summed E-state index contributed by atoms with van der Waals surface area (Å²) in [6.07, 6.45) is 3.26. The molecule has 0 unspecified atom stereocenters. The SMILES string of the molecule is COc1ccc2c(ccn2CC(=O)N2CCC[C@@H](C(=O)O)C2)c1. The van der Waals surface area contributed by atoms with Crippen molar-refractivity contribution in [3.05, 3.63) is 30.5 Å². The number of likely N-dealkylation sites (tertiary alicyclic amines) is 1. The molecule has 1 amide bonds. The quantitative estimate of drug-likeness (QED) is 0.936. The van der Waals surface area contributed by atoms with Crippen molar-refractivity contribution in [2.24, 2.45) is 5.92 Å². The first-order valence-corrected chi connectivity index (χ1v) is 7.72. The Hall–Kier alpha value is -2.50. The Labute approximate surface area is 134 Å². The van der Waals surface area contributed by atoms with Gasteiger partial charge in [-0.1, -0.05) is 0 Å². The first kappa shape index (κ1) is 15.4. The molecule has 1 saturated heterocycles. The fourth-order valence-corrected chi connectivity index (χ4v) is 3.09. The summed E-state index contributed by atoms with van der Waals surface area (Å²) < 4.78 is 7.09. The molecule has 1 atom stereocenters. The molecule has 6 heteroatoms. The van der Waals surface area contributed by atoms with Gasteiger partial charge in [0.2, 0.25) is 5.91 Å². The number of hydrogen-bond acceptors (Lipinski definition) is 3. The predicted octanol–water partition coefficient (Wildman–Crippen LogP) is 1.97. The number of nitrogens with zero attached hydrogens (tertiary/aromatic N) is 2. The first-order valence-electron chi connectivity index (χ1n) is 7.72. The van der Waals surface area contributed by atoms with Gasteiger partial charge in [-0.25, -0.2) is 0 Å². The molecule has 0 radical (unpaired) electrons. The van der Waals surface area contributed by atoms with Crippen LogP contribution < -0.4 is 4.74 Å². The molecule has 1 aliphatic rings. The predicted molar refractivity (Wildman–Crippen MR) is 85.4 cm³/mol. The maximum atomic E-state index is 12.5. The van der Waals surface area contributed by atoms with Crippen molar-refractivity contribution in [1.29, 1.82) is 0 Å². The highest BCUT2D eigenvalue weighted by Crippen LogP contribution is 2.22. The molecule has 23 heavy (non-hydrogen) atoms. The standard InChI is InChI=1S/C17H20N2O4/c1-23-14-4-5-15-12(9-14)6-8-18(15)11-16(20)19-7-2-3-13(10-19)17(21)22/h4-6,8-9,13H,2-3,7,10-11H2,1H3,(H,21,22)/t13-/m1/s1. The fraction of sp³-hybridized carbons (Fsp3) is 0.412. The molecule has 0 spiro atoms. The number of methoxy groups -OCH3 is 1. The molecule has 3 rings (SSSR count). The largest absolute Gasteiger partial charge is 0.497 e. The van der Waals surface area contributed by atoms with Gasteiger partial charge in [-0.2, -0.15) is 0 Å². The monoisotopic (exact) mass is 316 g/mol. The van der Waals surface area contributed by atoms with E-state index in [2.05, 4.69) is 0 Å². The number of amides is 1. The summed E-state index contributed by atoms with van der Waals surface area (Å²) >= 11 is 0. The lowest BCUT2D eigenvalue weighted by Gasteiger charge is -2.30. The van der Waals surface area contributed by atoms with Crippen LogP contribution in [0.3, 0.4) is 0 Å². The third kappa shape index (κ3) is 3.16. The van der Waals surface area contributed by atoms with Gasteiger partial charge in [-0.05, 0) is 37.1 Å². The minimum atomic E-state index is -0.819. The first-order chi connectivity index (χ1) is 11.1. The normalized spacial score (nSPS) is 18.1. The Bertz CT molecular complexity index is 737. The zero-order chi connectivity index (χ0) is 16.4. The van der Waals surface area contributed by atoms with Gasteiger partial charge in [-0.15, -0.1) is 0 Å². The van der Waals surface area contributed by atoms with Crippen LogP contribution in [0.1, 0.15) is 12.8 Å². The van der Waals surface area contributed by atoms with Crippen LogP contribution in [-0.2, 0) is 16.1 Å². The number of aliphatic carboxylic acids is 1. The number of carboxylic acid groups (broad SMARTS) is 1. The van der Waals surface area contributed by atoms with Crippen LogP contribution in [0.2, 0.25) is 0 Å². The molecule has 1 aromatic heterocycles. The summed E-state index contributed by atoms with van der Waals surface area (Å²) in [4.78, 5) is 25.3. The van der Waals surface area contributed by atoms with Gasteiger partial charge < -0.3 is 19.3 Å². The van der Waals surface area contributed by atoms with E-state index in [9.17, 15) is 9.59 Å². The molecule has 2 heterocycles. The molecule has 2 aromatic rings. The highest BCUT2D eigenvalue weighted by molar-refractivity contribution is 5.84. The summed E-state index contributed by atoms with van der Waals surface area (Å²) in [5, 5.41) is 10.1. The van der Waals surface area contributed by atoms with E-state index in [1.54, 1.807) is 12.0 Å². The van der Waals surface area contributed by atoms with Crippen molar-refractivity contribution in [3.63, 3.8) is 0 Å². The summed E-state index contributed by atoms with van der Waals surface area (Å²) in [5.74, 6) is -0.523. The van der Waals surface area contributed by atoms with Gasteiger partial charge in [0.25, 0.3) is 0 Å². The van der Waals surface area contributed by atoms with Crippen molar-refractivity contribution < 1.29 is 19.4 Å². The summed E-state index contributed by atoms with van der Waals surface area (Å²) in [7, 11) is 1.62. The molecule has 122 valence electrons. The number of hydrogen-bond donors (Lipinski definition) is 1. The highest BCUT2D eigenvalue weighted by Gasteiger charge is 2.28. The minimum absolute atomic E-state index is 0.0377. The lowest BCUT2D eigenvalue weighted by Crippen LogP contribution is -2.43. The molecular formula is C17H20N2O4. The van der Waals surface area contributed by atoms with E-state index >= 15 is 0 Å². The molecule has 0 saturated carbocycles. The Morgan fingerprint density at radius 2 is 2.17 bits per heavy atom. The van der Waals surface area contributed by atoms with Crippen LogP contribution in [0, 0.1) is 5.92 Å². The molecule has 1 fully saturated rings. The van der Waals surface area contributed by atoms with Crippen LogP contribution >= 0.6 is 0 Å². The van der Waals surface area contributed by atoms with Crippen LogP contribution in [0.4, 0.5) is 0 Å². The van der Waals surface area contributed by atoms with Crippen molar-refractivity contribution in [2.45, 2.75) is 19.4 Å². The van der Waals surface area contributed by atoms with Crippen molar-refractivity contribution in [1.82, 2.24) is 9.47 Å². The number of fused-ring (bicyclic) bond motifs is 1. The van der Waals surface area contributed by atoms with Gasteiger partial charge in [0.1, 0.15) is 12.3 Å². The van der Waals surface area contributed by atoms with Crippen LogP contribution in [-0.4, -0.2) is 46.6 Å². The van der Waals surface area contributed by atoms with E-state index in [0.717, 1.165) is 23.1 Å². The van der Waals surface area contributed by atoms with Crippen LogP contribution in [0.5, 0.6) is 5.75 Å². The lowest BCUT2D eigenvalue weighted by atomic mass is 9.98. The molecule has 0 bridgehead atoms. The summed E-state index contributed by atoms with van der Waals surface area (Å²) in [6, 6.07) is 7.67. The zero-order valence-electron chi connectivity index (χ0n) is 13.1. The minimum Gasteiger partial charge on any atom is -0.497 e. The van der Waals surface area contributed by atoms with Gasteiger partial charge in [0.15, 0.2) is 0 Å². The fourth-order valence-electron chi connectivity index (χ4n) is 3.09. The number of carbonyl (C=O) groups excluding carboxylic acids is 1. The van der Waals surface area contributed by atoms with Crippen molar-refractivity contribution in [3.8, 4) is 5.75 Å². The van der Waals surface area contributed by atoms with E-state index in [1.807, 2.05) is 35.0 Å². The van der Waals surface area contributed by atoms with E-state index < -0.39 is 11.9 Å². The van der Waals surface area contributed by atoms with E-state index in [0.29, 0.717) is 19.5 Å². The zero-order valence-corrected chi connectivity index (χ0v) is 13.1. The van der Waals surface area contributed by atoms with Crippen molar-refractivity contribution >= 4 is 22.8 Å². The van der Waals surface area contributed by atoms with E-state index in [1.165, 1.54) is 0 Å². The van der Waals surface area contributed by atoms with Crippen LogP contribution in [0.15, 0.2) is 30.5 Å². The Kier molecular flexibility index (Phi) is 4.23. The Morgan fingerprint density at radius 3 is 2.91 bits per heavy atom. The third-order valence-electron chi connectivity index (χ3n) is 4.41. The topological polar surface area (TPSA) is 71.8 Å². The number of ether oxygens (including phenoxy) is 1. The Balaban J connectivity index is 1.74. The second-order valence-corrected chi connectivity index (χ2v) is 5.89. The molecule has 1 N–H and O–H groups in total. The number of piperidine rings is 1. The van der Waals surface area contributed by atoms with E-state index in [4.69, 9.17) is 9.84 Å². The molecule has 1 aromatic carbocycles. The maximum absolute atomic E-state index is 12.5. The van der Waals surface area contributed by atoms with Gasteiger partial charge in [0.05, 0.1) is 13.0 Å². The average Bonchev–Trinajstić information content (AvgIpc) is 2.97. The lowest BCUT2D eigenvalue weighted by molar-refractivity contribution is -0.145. The number of benzene rings is 1. The smallest absolute Gasteiger partial charge is 0.308 e. The molecule has 0 aliphatic carbocycles. The average molecular weight is 316 g/mol. The van der Waals surface area contributed by atoms with E-state index in [-0.39, 0.29) is 12.5 Å². The molecule has 1 aliphatic heterocycles. The second-order valence-electron chi connectivity index (χ2n) is 5.89. The highest BCUT2D eigenvalue weighted by atomic mass is 16.5.